The Labute approximate surface area is 124 Å². The molecule has 3 nitrogen and oxygen atoms in total. The first kappa shape index (κ1) is 15.8. The molecule has 0 bridgehead atoms. The molecule has 0 atom stereocenters. The average molecular weight is 280 g/mol. The Hall–Kier alpha value is -0.570. The summed E-state index contributed by atoms with van der Waals surface area (Å²) in [5.74, 6) is 0.347. The molecule has 2 fully saturated rings. The molecular weight excluding hydrogens is 248 g/mol. The summed E-state index contributed by atoms with van der Waals surface area (Å²) >= 11 is 0. The van der Waals surface area contributed by atoms with Crippen LogP contribution in [0.1, 0.15) is 70.6 Å². The molecule has 2 aliphatic carbocycles. The molecular formula is C17H32N2O. The predicted molar refractivity (Wildman–Crippen MR) is 83.8 cm³/mol. The number of rotatable bonds is 5. The van der Waals surface area contributed by atoms with Gasteiger partial charge in [-0.05, 0) is 32.7 Å². The Bertz CT molecular complexity index is 293. The summed E-state index contributed by atoms with van der Waals surface area (Å²) in [6.07, 6.45) is 13.8. The molecule has 0 unspecified atom stereocenters. The van der Waals surface area contributed by atoms with E-state index < -0.39 is 0 Å². The van der Waals surface area contributed by atoms with Crippen molar-refractivity contribution < 1.29 is 4.79 Å². The van der Waals surface area contributed by atoms with Crippen LogP contribution in [0.5, 0.6) is 0 Å². The maximum absolute atomic E-state index is 12.3. The topological polar surface area (TPSA) is 23.6 Å². The second kappa shape index (κ2) is 8.02. The molecule has 2 saturated carbocycles. The highest BCUT2D eigenvalue weighted by Crippen LogP contribution is 2.23. The molecule has 3 heteroatoms. The van der Waals surface area contributed by atoms with Crippen molar-refractivity contribution in [3.63, 3.8) is 0 Å². The van der Waals surface area contributed by atoms with E-state index in [4.69, 9.17) is 0 Å². The van der Waals surface area contributed by atoms with Gasteiger partial charge in [-0.3, -0.25) is 4.79 Å². The van der Waals surface area contributed by atoms with E-state index in [0.29, 0.717) is 18.4 Å². The van der Waals surface area contributed by atoms with Crippen LogP contribution in [0, 0.1) is 0 Å². The van der Waals surface area contributed by atoms with Gasteiger partial charge in [0, 0.05) is 32.1 Å². The molecule has 0 aromatic heterocycles. The smallest absolute Gasteiger partial charge is 0.223 e. The summed E-state index contributed by atoms with van der Waals surface area (Å²) in [4.78, 5) is 16.8. The number of amides is 1. The SMILES string of the molecule is CN(CCC(=O)N(C)C1CCCCC1)C1CCCCC1. The van der Waals surface area contributed by atoms with Crippen LogP contribution in [0.4, 0.5) is 0 Å². The van der Waals surface area contributed by atoms with Crippen molar-refractivity contribution >= 4 is 5.91 Å². The van der Waals surface area contributed by atoms with E-state index in [9.17, 15) is 4.79 Å². The molecule has 2 aliphatic rings. The zero-order valence-corrected chi connectivity index (χ0v) is 13.4. The third-order valence-electron chi connectivity index (χ3n) is 5.39. The molecule has 0 spiro atoms. The lowest BCUT2D eigenvalue weighted by Crippen LogP contribution is -2.41. The van der Waals surface area contributed by atoms with Crippen LogP contribution in [-0.4, -0.2) is 48.4 Å². The lowest BCUT2D eigenvalue weighted by molar-refractivity contribution is -0.133. The number of carbonyl (C=O) groups excluding carboxylic acids is 1. The van der Waals surface area contributed by atoms with Crippen LogP contribution >= 0.6 is 0 Å². The van der Waals surface area contributed by atoms with E-state index >= 15 is 0 Å². The molecule has 0 heterocycles. The standard InChI is InChI=1S/C17H32N2O/c1-18(15-9-5-3-6-10-15)14-13-17(20)19(2)16-11-7-4-8-12-16/h15-16H,3-14H2,1-2H3. The number of hydrogen-bond donors (Lipinski definition) is 0. The molecule has 0 aromatic carbocycles. The van der Waals surface area contributed by atoms with E-state index in [1.165, 1.54) is 64.2 Å². The van der Waals surface area contributed by atoms with Crippen molar-refractivity contribution in [2.75, 3.05) is 20.6 Å². The Kier molecular flexibility index (Phi) is 6.34. The fourth-order valence-corrected chi connectivity index (χ4v) is 3.82. The fourth-order valence-electron chi connectivity index (χ4n) is 3.82. The molecule has 0 N–H and O–H groups in total. The van der Waals surface area contributed by atoms with Gasteiger partial charge in [-0.25, -0.2) is 0 Å². The van der Waals surface area contributed by atoms with Crippen LogP contribution in [0.2, 0.25) is 0 Å². The van der Waals surface area contributed by atoms with Gasteiger partial charge in [0.1, 0.15) is 0 Å². The molecule has 0 aliphatic heterocycles. The van der Waals surface area contributed by atoms with Gasteiger partial charge >= 0.3 is 0 Å². The first-order chi connectivity index (χ1) is 9.68. The lowest BCUT2D eigenvalue weighted by atomic mass is 9.94. The number of carbonyl (C=O) groups is 1. The zero-order chi connectivity index (χ0) is 14.4. The normalized spacial score (nSPS) is 22.1. The van der Waals surface area contributed by atoms with Crippen LogP contribution in [-0.2, 0) is 4.79 Å². The zero-order valence-electron chi connectivity index (χ0n) is 13.4. The largest absolute Gasteiger partial charge is 0.343 e. The van der Waals surface area contributed by atoms with E-state index in [1.807, 2.05) is 11.9 Å². The minimum atomic E-state index is 0.347. The second-order valence-electron chi connectivity index (χ2n) is 6.82. The summed E-state index contributed by atoms with van der Waals surface area (Å²) in [6.45, 7) is 0.931. The maximum Gasteiger partial charge on any atom is 0.223 e. The molecule has 2 rings (SSSR count). The highest BCUT2D eigenvalue weighted by Gasteiger charge is 2.23. The second-order valence-corrected chi connectivity index (χ2v) is 6.82. The minimum absolute atomic E-state index is 0.347. The third-order valence-corrected chi connectivity index (χ3v) is 5.39. The van der Waals surface area contributed by atoms with Crippen LogP contribution in [0.15, 0.2) is 0 Å². The summed E-state index contributed by atoms with van der Waals surface area (Å²) in [5.41, 5.74) is 0. The van der Waals surface area contributed by atoms with Gasteiger partial charge in [0.2, 0.25) is 5.91 Å². The van der Waals surface area contributed by atoms with Gasteiger partial charge in [0.15, 0.2) is 0 Å². The Balaban J connectivity index is 1.70. The van der Waals surface area contributed by atoms with E-state index in [2.05, 4.69) is 11.9 Å². The van der Waals surface area contributed by atoms with Gasteiger partial charge in [-0.15, -0.1) is 0 Å². The van der Waals surface area contributed by atoms with Crippen LogP contribution < -0.4 is 0 Å². The summed E-state index contributed by atoms with van der Waals surface area (Å²) in [7, 11) is 4.21. The highest BCUT2D eigenvalue weighted by atomic mass is 16.2. The predicted octanol–water partition coefficient (Wildman–Crippen LogP) is 3.43. The van der Waals surface area contributed by atoms with Gasteiger partial charge in [0.25, 0.3) is 0 Å². The van der Waals surface area contributed by atoms with Gasteiger partial charge in [-0.2, -0.15) is 0 Å². The molecule has 116 valence electrons. The lowest BCUT2D eigenvalue weighted by Gasteiger charge is -2.33. The third kappa shape index (κ3) is 4.47. The summed E-state index contributed by atoms with van der Waals surface area (Å²) < 4.78 is 0. The van der Waals surface area contributed by atoms with Crippen molar-refractivity contribution in [1.29, 1.82) is 0 Å². The van der Waals surface area contributed by atoms with Gasteiger partial charge < -0.3 is 9.80 Å². The molecule has 20 heavy (non-hydrogen) atoms. The van der Waals surface area contributed by atoms with Gasteiger partial charge in [0.05, 0.1) is 0 Å². The van der Waals surface area contributed by atoms with E-state index in [0.717, 1.165) is 12.6 Å². The van der Waals surface area contributed by atoms with Crippen molar-refractivity contribution in [2.45, 2.75) is 82.7 Å². The number of hydrogen-bond acceptors (Lipinski definition) is 2. The quantitative estimate of drug-likeness (QED) is 0.770. The molecule has 1 amide bonds. The molecule has 0 aromatic rings. The Morgan fingerprint density at radius 1 is 0.850 bits per heavy atom. The van der Waals surface area contributed by atoms with Crippen molar-refractivity contribution in [3.05, 3.63) is 0 Å². The van der Waals surface area contributed by atoms with Crippen molar-refractivity contribution in [2.24, 2.45) is 0 Å². The Morgan fingerprint density at radius 3 is 1.90 bits per heavy atom. The minimum Gasteiger partial charge on any atom is -0.343 e. The highest BCUT2D eigenvalue weighted by molar-refractivity contribution is 5.76. The van der Waals surface area contributed by atoms with Crippen LogP contribution in [0.25, 0.3) is 0 Å². The van der Waals surface area contributed by atoms with Crippen molar-refractivity contribution in [3.8, 4) is 0 Å². The Morgan fingerprint density at radius 2 is 1.35 bits per heavy atom. The molecule has 0 radical (unpaired) electrons. The number of nitrogens with zero attached hydrogens (tertiary/aromatic N) is 2. The van der Waals surface area contributed by atoms with Crippen LogP contribution in [0.3, 0.4) is 0 Å². The molecule has 0 saturated heterocycles. The first-order valence-electron chi connectivity index (χ1n) is 8.64. The summed E-state index contributed by atoms with van der Waals surface area (Å²) in [5, 5.41) is 0. The first-order valence-corrected chi connectivity index (χ1v) is 8.64. The summed E-state index contributed by atoms with van der Waals surface area (Å²) in [6, 6.07) is 1.23. The average Bonchev–Trinajstić information content (AvgIpc) is 2.53. The van der Waals surface area contributed by atoms with E-state index in [1.54, 1.807) is 0 Å². The van der Waals surface area contributed by atoms with E-state index in [-0.39, 0.29) is 0 Å². The van der Waals surface area contributed by atoms with Gasteiger partial charge in [-0.1, -0.05) is 38.5 Å². The maximum atomic E-state index is 12.3. The fraction of sp³-hybridized carbons (Fsp3) is 0.941. The van der Waals surface area contributed by atoms with Crippen molar-refractivity contribution in [1.82, 2.24) is 9.80 Å². The monoisotopic (exact) mass is 280 g/mol.